The largest absolute Gasteiger partial charge is 0.294 e. The molecule has 2 aromatic rings. The van der Waals surface area contributed by atoms with Crippen LogP contribution in [0.1, 0.15) is 54.1 Å². The predicted octanol–water partition coefficient (Wildman–Crippen LogP) is 4.64. The third kappa shape index (κ3) is 2.67. The zero-order valence-corrected chi connectivity index (χ0v) is 16.7. The van der Waals surface area contributed by atoms with Crippen molar-refractivity contribution < 1.29 is 14.5 Å². The highest BCUT2D eigenvalue weighted by Gasteiger charge is 2.50. The van der Waals surface area contributed by atoms with Crippen LogP contribution in [0.15, 0.2) is 64.8 Å². The van der Waals surface area contributed by atoms with Gasteiger partial charge in [-0.25, -0.2) is 0 Å². The van der Waals surface area contributed by atoms with Crippen LogP contribution in [0.3, 0.4) is 0 Å². The molecule has 2 atom stereocenters. The van der Waals surface area contributed by atoms with Crippen molar-refractivity contribution >= 4 is 23.0 Å². The van der Waals surface area contributed by atoms with Gasteiger partial charge in [0.1, 0.15) is 0 Å². The Kier molecular flexibility index (Phi) is 3.90. The quantitative estimate of drug-likeness (QED) is 0.543. The number of hydrogen-bond donors (Lipinski definition) is 0. The summed E-state index contributed by atoms with van der Waals surface area (Å²) in [7, 11) is 0. The van der Waals surface area contributed by atoms with Crippen LogP contribution in [-0.4, -0.2) is 22.2 Å². The second-order valence-corrected chi connectivity index (χ2v) is 9.02. The van der Waals surface area contributed by atoms with Gasteiger partial charge in [-0.3, -0.25) is 24.7 Å². The smallest absolute Gasteiger partial charge is 0.269 e. The van der Waals surface area contributed by atoms with Gasteiger partial charge in [0.05, 0.1) is 16.6 Å². The van der Waals surface area contributed by atoms with E-state index in [0.29, 0.717) is 41.0 Å². The molecule has 6 nitrogen and oxygen atoms in total. The number of carbonyl (C=O) groups is 2. The van der Waals surface area contributed by atoms with Gasteiger partial charge in [-0.1, -0.05) is 50.2 Å². The Morgan fingerprint density at radius 3 is 2.47 bits per heavy atom. The Morgan fingerprint density at radius 1 is 1.00 bits per heavy atom. The van der Waals surface area contributed by atoms with Gasteiger partial charge in [0.25, 0.3) is 5.69 Å². The highest BCUT2D eigenvalue weighted by molar-refractivity contribution is 6.30. The minimum atomic E-state index is -0.631. The van der Waals surface area contributed by atoms with E-state index in [2.05, 4.69) is 0 Å². The minimum absolute atomic E-state index is 0.0238. The Bertz CT molecular complexity index is 1210. The summed E-state index contributed by atoms with van der Waals surface area (Å²) in [6, 6.07) is 13.7. The number of non-ortho nitro benzene ring substituents is 1. The number of hydrogen-bond acceptors (Lipinski definition) is 5. The van der Waals surface area contributed by atoms with E-state index >= 15 is 0 Å². The average Bonchev–Trinajstić information content (AvgIpc) is 2.98. The zero-order valence-electron chi connectivity index (χ0n) is 16.7. The summed E-state index contributed by atoms with van der Waals surface area (Å²) >= 11 is 0. The van der Waals surface area contributed by atoms with Crippen molar-refractivity contribution in [2.75, 3.05) is 0 Å². The van der Waals surface area contributed by atoms with Crippen LogP contribution in [0.4, 0.5) is 5.69 Å². The summed E-state index contributed by atoms with van der Waals surface area (Å²) in [4.78, 5) is 42.4. The van der Waals surface area contributed by atoms with Gasteiger partial charge >= 0.3 is 0 Å². The zero-order chi connectivity index (χ0) is 21.2. The van der Waals surface area contributed by atoms with Crippen LogP contribution in [0.5, 0.6) is 0 Å². The molecule has 2 aliphatic carbocycles. The summed E-state index contributed by atoms with van der Waals surface area (Å²) in [5.41, 5.74) is 3.68. The number of aliphatic imine (C=N–C) groups is 1. The first kappa shape index (κ1) is 18.6. The summed E-state index contributed by atoms with van der Waals surface area (Å²) < 4.78 is 0. The molecule has 30 heavy (non-hydrogen) atoms. The molecule has 6 heteroatoms. The van der Waals surface area contributed by atoms with Gasteiger partial charge in [-0.15, -0.1) is 0 Å². The van der Waals surface area contributed by atoms with Crippen LogP contribution in [0.25, 0.3) is 0 Å². The van der Waals surface area contributed by atoms with Crippen molar-refractivity contribution in [1.29, 1.82) is 0 Å². The second-order valence-electron chi connectivity index (χ2n) is 9.02. The topological polar surface area (TPSA) is 89.6 Å². The number of benzene rings is 2. The molecule has 1 heterocycles. The van der Waals surface area contributed by atoms with Gasteiger partial charge in [0.15, 0.2) is 11.6 Å². The normalized spacial score (nSPS) is 24.1. The molecule has 0 saturated carbocycles. The number of fused-ring (bicyclic) bond motifs is 3. The highest BCUT2D eigenvalue weighted by Crippen LogP contribution is 2.51. The SMILES string of the molecule is CC1(C)CC(=O)C2=C(C1)N=C1c3ccccc3C(=O)[C@H]1[C@H]2c1cccc([N+](=O)[O-])c1. The van der Waals surface area contributed by atoms with Crippen molar-refractivity contribution in [2.24, 2.45) is 16.3 Å². The average molecular weight is 400 g/mol. The highest BCUT2D eigenvalue weighted by atomic mass is 16.6. The molecule has 0 fully saturated rings. The maximum Gasteiger partial charge on any atom is 0.269 e. The number of ketones is 2. The molecule has 0 bridgehead atoms. The summed E-state index contributed by atoms with van der Waals surface area (Å²) in [6.07, 6.45) is 1.00. The third-order valence-corrected chi connectivity index (χ3v) is 6.28. The standard InChI is InChI=1S/C24H20N2O4/c1-24(2)11-17-20(18(27)12-24)19(13-6-5-7-14(10-13)26(29)30)21-22(25-17)15-8-3-4-9-16(15)23(21)28/h3-10,19,21H,11-12H2,1-2H3/t19-,21-/m0/s1. The van der Waals surface area contributed by atoms with Crippen LogP contribution in [-0.2, 0) is 4.79 Å². The number of nitro groups is 1. The van der Waals surface area contributed by atoms with Crippen LogP contribution in [0.2, 0.25) is 0 Å². The molecule has 0 spiro atoms. The Labute approximate surface area is 173 Å². The van der Waals surface area contributed by atoms with Gasteiger partial charge in [-0.05, 0) is 17.4 Å². The first-order valence-corrected chi connectivity index (χ1v) is 10.00. The number of nitrogens with zero attached hydrogens (tertiary/aromatic N) is 2. The van der Waals surface area contributed by atoms with Crippen molar-refractivity contribution in [1.82, 2.24) is 0 Å². The first-order chi connectivity index (χ1) is 14.3. The molecule has 0 N–H and O–H groups in total. The fourth-order valence-corrected chi connectivity index (χ4v) is 5.08. The molecular formula is C24H20N2O4. The molecule has 5 rings (SSSR count). The van der Waals surface area contributed by atoms with Crippen molar-refractivity contribution in [3.8, 4) is 0 Å². The van der Waals surface area contributed by atoms with Gasteiger partial charge < -0.3 is 0 Å². The molecule has 2 aromatic carbocycles. The monoisotopic (exact) mass is 400 g/mol. The molecule has 0 saturated heterocycles. The molecule has 150 valence electrons. The van der Waals surface area contributed by atoms with Gasteiger partial charge in [0.2, 0.25) is 0 Å². The fraction of sp³-hybridized carbons (Fsp3) is 0.292. The first-order valence-electron chi connectivity index (χ1n) is 10.00. The molecule has 0 radical (unpaired) electrons. The second kappa shape index (κ2) is 6.29. The lowest BCUT2D eigenvalue weighted by molar-refractivity contribution is -0.384. The number of Topliss-reactive ketones (excluding diaryl/α,β-unsaturated/α-hetero) is 2. The third-order valence-electron chi connectivity index (χ3n) is 6.28. The Morgan fingerprint density at radius 2 is 1.73 bits per heavy atom. The van der Waals surface area contributed by atoms with E-state index in [1.165, 1.54) is 12.1 Å². The van der Waals surface area contributed by atoms with Crippen LogP contribution < -0.4 is 0 Å². The van der Waals surface area contributed by atoms with Crippen molar-refractivity contribution in [3.05, 3.63) is 86.6 Å². The van der Waals surface area contributed by atoms with E-state index in [9.17, 15) is 19.7 Å². The Hall–Kier alpha value is -3.41. The number of carbonyl (C=O) groups excluding carboxylic acids is 2. The minimum Gasteiger partial charge on any atom is -0.294 e. The lowest BCUT2D eigenvalue weighted by Crippen LogP contribution is -2.37. The maximum absolute atomic E-state index is 13.4. The number of nitro benzene ring substituents is 1. The lowest BCUT2D eigenvalue weighted by Gasteiger charge is -2.38. The molecule has 3 aliphatic rings. The molecule has 1 aliphatic heterocycles. The van der Waals surface area contributed by atoms with E-state index in [0.717, 1.165) is 5.56 Å². The summed E-state index contributed by atoms with van der Waals surface area (Å²) in [5, 5.41) is 11.4. The predicted molar refractivity (Wildman–Crippen MR) is 112 cm³/mol. The molecule has 0 unspecified atom stereocenters. The van der Waals surface area contributed by atoms with Crippen molar-refractivity contribution in [3.63, 3.8) is 0 Å². The van der Waals surface area contributed by atoms with Crippen LogP contribution in [0, 0.1) is 21.4 Å². The molecular weight excluding hydrogens is 380 g/mol. The van der Waals surface area contributed by atoms with E-state index in [-0.39, 0.29) is 22.7 Å². The maximum atomic E-state index is 13.4. The summed E-state index contributed by atoms with van der Waals surface area (Å²) in [6.45, 7) is 4.08. The number of rotatable bonds is 2. The van der Waals surface area contributed by atoms with E-state index in [1.54, 1.807) is 18.2 Å². The van der Waals surface area contributed by atoms with E-state index in [1.807, 2.05) is 32.0 Å². The van der Waals surface area contributed by atoms with E-state index < -0.39 is 16.8 Å². The van der Waals surface area contributed by atoms with Gasteiger partial charge in [-0.2, -0.15) is 0 Å². The van der Waals surface area contributed by atoms with Crippen LogP contribution >= 0.6 is 0 Å². The Balaban J connectivity index is 1.77. The molecule has 0 amide bonds. The van der Waals surface area contributed by atoms with E-state index in [4.69, 9.17) is 4.99 Å². The molecule has 0 aromatic heterocycles. The van der Waals surface area contributed by atoms with Crippen molar-refractivity contribution in [2.45, 2.75) is 32.6 Å². The lowest BCUT2D eigenvalue weighted by atomic mass is 9.66. The fourth-order valence-electron chi connectivity index (χ4n) is 5.08. The van der Waals surface area contributed by atoms with Gasteiger partial charge in [0, 0.05) is 46.9 Å². The number of allylic oxidation sites excluding steroid dienone is 2. The summed E-state index contributed by atoms with van der Waals surface area (Å²) in [5.74, 6) is -1.29.